The molecule has 0 fully saturated rings. The Kier molecular flexibility index (Phi) is 2.66. The molecular weight excluding hydrogens is 288 g/mol. The second-order valence-corrected chi connectivity index (χ2v) is 4.53. The third-order valence-electron chi connectivity index (χ3n) is 1.71. The van der Waals surface area contributed by atoms with Gasteiger partial charge in [-0.05, 0) is 28.1 Å². The second-order valence-electron chi connectivity index (χ2n) is 2.67. The number of hydrogen-bond acceptors (Lipinski definition) is 4. The minimum atomic E-state index is -0.958. The van der Waals surface area contributed by atoms with E-state index < -0.39 is 11.6 Å². The predicted molar refractivity (Wildman–Crippen MR) is 57.4 cm³/mol. The maximum atomic E-state index is 13.5. The van der Waals surface area contributed by atoms with E-state index in [9.17, 15) is 8.78 Å². The summed E-state index contributed by atoms with van der Waals surface area (Å²) in [4.78, 5) is 0. The van der Waals surface area contributed by atoms with Crippen molar-refractivity contribution in [2.24, 2.45) is 0 Å². The van der Waals surface area contributed by atoms with Crippen molar-refractivity contribution < 1.29 is 8.78 Å². The van der Waals surface area contributed by atoms with Crippen LogP contribution in [-0.2, 0) is 0 Å². The molecule has 1 aromatic carbocycles. The van der Waals surface area contributed by atoms with Gasteiger partial charge < -0.3 is 5.73 Å². The van der Waals surface area contributed by atoms with Crippen LogP contribution in [0.3, 0.4) is 0 Å². The molecule has 0 radical (unpaired) electrons. The third kappa shape index (κ3) is 1.84. The summed E-state index contributed by atoms with van der Waals surface area (Å²) in [5.74, 6) is -1.90. The summed E-state index contributed by atoms with van der Waals surface area (Å²) in [7, 11) is 0. The average molecular weight is 292 g/mol. The maximum absolute atomic E-state index is 13.5. The standard InChI is InChI=1S/C8H4BrF2N3S/c9-4-2-1-3(5(10)6(4)11)7-13-14-8(12)15-7/h1-2H,(H2,12,14). The fourth-order valence-corrected chi connectivity index (χ4v) is 1.97. The van der Waals surface area contributed by atoms with Crippen molar-refractivity contribution in [3.63, 3.8) is 0 Å². The Balaban J connectivity index is 2.59. The first-order chi connectivity index (χ1) is 7.09. The maximum Gasteiger partial charge on any atom is 0.203 e. The SMILES string of the molecule is Nc1nnc(-c2ccc(Br)c(F)c2F)s1. The van der Waals surface area contributed by atoms with E-state index in [-0.39, 0.29) is 20.2 Å². The molecule has 1 heterocycles. The highest BCUT2D eigenvalue weighted by molar-refractivity contribution is 9.10. The van der Waals surface area contributed by atoms with E-state index in [4.69, 9.17) is 5.73 Å². The number of hydrogen-bond donors (Lipinski definition) is 1. The lowest BCUT2D eigenvalue weighted by molar-refractivity contribution is 0.506. The molecule has 0 unspecified atom stereocenters. The predicted octanol–water partition coefficient (Wildman–Crippen LogP) is 2.83. The number of benzene rings is 1. The molecule has 0 aliphatic carbocycles. The van der Waals surface area contributed by atoms with Crippen LogP contribution >= 0.6 is 27.3 Å². The van der Waals surface area contributed by atoms with E-state index in [1.165, 1.54) is 12.1 Å². The quantitative estimate of drug-likeness (QED) is 0.822. The number of rotatable bonds is 1. The summed E-state index contributed by atoms with van der Waals surface area (Å²) in [5.41, 5.74) is 5.41. The zero-order chi connectivity index (χ0) is 11.0. The lowest BCUT2D eigenvalue weighted by atomic mass is 10.2. The highest BCUT2D eigenvalue weighted by atomic mass is 79.9. The molecule has 0 saturated heterocycles. The first-order valence-corrected chi connectivity index (χ1v) is 5.43. The van der Waals surface area contributed by atoms with Crippen LogP contribution in [0.2, 0.25) is 0 Å². The fraction of sp³-hybridized carbons (Fsp3) is 0. The third-order valence-corrected chi connectivity index (χ3v) is 3.10. The second kappa shape index (κ2) is 3.82. The van der Waals surface area contributed by atoms with Crippen LogP contribution in [0.5, 0.6) is 0 Å². The molecule has 1 aromatic heterocycles. The van der Waals surface area contributed by atoms with Crippen LogP contribution in [0.15, 0.2) is 16.6 Å². The lowest BCUT2D eigenvalue weighted by Gasteiger charge is -2.00. The Labute approximate surface area is 96.1 Å². The Bertz CT molecular complexity index is 515. The highest BCUT2D eigenvalue weighted by Crippen LogP contribution is 2.30. The lowest BCUT2D eigenvalue weighted by Crippen LogP contribution is -1.90. The number of nitrogens with two attached hydrogens (primary N) is 1. The zero-order valence-corrected chi connectivity index (χ0v) is 9.57. The van der Waals surface area contributed by atoms with E-state index >= 15 is 0 Å². The largest absolute Gasteiger partial charge is 0.374 e. The molecular formula is C8H4BrF2N3S. The van der Waals surface area contributed by atoms with E-state index in [1.54, 1.807) is 0 Å². The molecule has 2 rings (SSSR count). The van der Waals surface area contributed by atoms with E-state index in [2.05, 4.69) is 26.1 Å². The van der Waals surface area contributed by atoms with E-state index in [0.717, 1.165) is 11.3 Å². The molecule has 0 saturated carbocycles. The van der Waals surface area contributed by atoms with Gasteiger partial charge in [-0.3, -0.25) is 0 Å². The first-order valence-electron chi connectivity index (χ1n) is 3.82. The van der Waals surface area contributed by atoms with Gasteiger partial charge in [-0.1, -0.05) is 11.3 Å². The van der Waals surface area contributed by atoms with Gasteiger partial charge in [-0.25, -0.2) is 8.78 Å². The molecule has 78 valence electrons. The molecule has 0 bridgehead atoms. The monoisotopic (exact) mass is 291 g/mol. The van der Waals surface area contributed by atoms with Gasteiger partial charge in [-0.2, -0.15) is 0 Å². The number of nitrogens with zero attached hydrogens (tertiary/aromatic N) is 2. The molecule has 15 heavy (non-hydrogen) atoms. The van der Waals surface area contributed by atoms with Crippen molar-refractivity contribution in [2.45, 2.75) is 0 Å². The van der Waals surface area contributed by atoms with Gasteiger partial charge >= 0.3 is 0 Å². The van der Waals surface area contributed by atoms with Gasteiger partial charge in [0.2, 0.25) is 5.13 Å². The molecule has 0 amide bonds. The van der Waals surface area contributed by atoms with Crippen molar-refractivity contribution in [2.75, 3.05) is 5.73 Å². The molecule has 3 nitrogen and oxygen atoms in total. The molecule has 0 atom stereocenters. The van der Waals surface area contributed by atoms with Gasteiger partial charge in [0.15, 0.2) is 16.6 Å². The minimum Gasteiger partial charge on any atom is -0.374 e. The number of aromatic nitrogens is 2. The normalized spacial score (nSPS) is 10.6. The topological polar surface area (TPSA) is 51.8 Å². The summed E-state index contributed by atoms with van der Waals surface area (Å²) in [6, 6.07) is 2.83. The van der Waals surface area contributed by atoms with Crippen LogP contribution in [0.1, 0.15) is 0 Å². The van der Waals surface area contributed by atoms with Crippen molar-refractivity contribution >= 4 is 32.4 Å². The van der Waals surface area contributed by atoms with Crippen molar-refractivity contribution in [1.82, 2.24) is 10.2 Å². The van der Waals surface area contributed by atoms with Crippen LogP contribution in [0, 0.1) is 11.6 Å². The Morgan fingerprint density at radius 3 is 2.53 bits per heavy atom. The summed E-state index contributed by atoms with van der Waals surface area (Å²) >= 11 is 3.89. The Morgan fingerprint density at radius 2 is 1.93 bits per heavy atom. The molecule has 0 spiro atoms. The number of anilines is 1. The van der Waals surface area contributed by atoms with Crippen molar-refractivity contribution in [1.29, 1.82) is 0 Å². The molecule has 0 aliphatic heterocycles. The first kappa shape index (κ1) is 10.4. The van der Waals surface area contributed by atoms with Gasteiger partial charge in [0.1, 0.15) is 0 Å². The van der Waals surface area contributed by atoms with Crippen LogP contribution in [0.4, 0.5) is 13.9 Å². The summed E-state index contributed by atoms with van der Waals surface area (Å²) in [6.07, 6.45) is 0. The van der Waals surface area contributed by atoms with Crippen LogP contribution < -0.4 is 5.73 Å². The summed E-state index contributed by atoms with van der Waals surface area (Å²) in [6.45, 7) is 0. The molecule has 2 aromatic rings. The van der Waals surface area contributed by atoms with E-state index in [0.29, 0.717) is 0 Å². The highest BCUT2D eigenvalue weighted by Gasteiger charge is 2.16. The van der Waals surface area contributed by atoms with Gasteiger partial charge in [0.05, 0.1) is 10.0 Å². The summed E-state index contributed by atoms with van der Waals surface area (Å²) in [5, 5.41) is 7.65. The molecule has 2 N–H and O–H groups in total. The van der Waals surface area contributed by atoms with Gasteiger partial charge in [0, 0.05) is 0 Å². The van der Waals surface area contributed by atoms with Crippen molar-refractivity contribution in [3.05, 3.63) is 28.2 Å². The Hall–Kier alpha value is -1.08. The minimum absolute atomic E-state index is 0.0601. The zero-order valence-electron chi connectivity index (χ0n) is 7.17. The molecule has 7 heteroatoms. The Morgan fingerprint density at radius 1 is 1.20 bits per heavy atom. The average Bonchev–Trinajstić information content (AvgIpc) is 2.61. The summed E-state index contributed by atoms with van der Waals surface area (Å²) < 4.78 is 26.7. The van der Waals surface area contributed by atoms with Gasteiger partial charge in [-0.15, -0.1) is 10.2 Å². The fourth-order valence-electron chi connectivity index (χ4n) is 1.03. The smallest absolute Gasteiger partial charge is 0.203 e. The van der Waals surface area contributed by atoms with Crippen molar-refractivity contribution in [3.8, 4) is 10.6 Å². The number of nitrogen functional groups attached to an aromatic ring is 1. The van der Waals surface area contributed by atoms with Crippen LogP contribution in [-0.4, -0.2) is 10.2 Å². The number of halogens is 3. The van der Waals surface area contributed by atoms with E-state index in [1.807, 2.05) is 0 Å². The molecule has 0 aliphatic rings. The van der Waals surface area contributed by atoms with Crippen LogP contribution in [0.25, 0.3) is 10.6 Å². The van der Waals surface area contributed by atoms with Gasteiger partial charge in [0.25, 0.3) is 0 Å².